The van der Waals surface area contributed by atoms with E-state index in [2.05, 4.69) is 15.0 Å². The van der Waals surface area contributed by atoms with Gasteiger partial charge in [0.25, 0.3) is 0 Å². The first-order valence-electron chi connectivity index (χ1n) is 4.44. The van der Waals surface area contributed by atoms with Crippen molar-refractivity contribution < 1.29 is 8.42 Å². The first-order chi connectivity index (χ1) is 6.45. The molecule has 0 aromatic rings. The van der Waals surface area contributed by atoms with Crippen molar-refractivity contribution in [1.82, 2.24) is 10.0 Å². The van der Waals surface area contributed by atoms with Gasteiger partial charge in [0.2, 0.25) is 10.0 Å². The topological polar surface area (TPSA) is 96.6 Å². The van der Waals surface area contributed by atoms with Gasteiger partial charge in [0, 0.05) is 19.6 Å². The van der Waals surface area contributed by atoms with Gasteiger partial charge in [0.05, 0.1) is 6.26 Å². The molecule has 0 fully saturated rings. The Kier molecular flexibility index (Phi) is 6.22. The van der Waals surface area contributed by atoms with Gasteiger partial charge in [0.1, 0.15) is 0 Å². The minimum absolute atomic E-state index is 0.307. The lowest BCUT2D eigenvalue weighted by molar-refractivity contribution is 0.587. The Bertz CT molecular complexity index is 273. The minimum Gasteiger partial charge on any atom is -0.370 e. The molecule has 0 rings (SSSR count). The highest BCUT2D eigenvalue weighted by Crippen LogP contribution is 1.76. The minimum atomic E-state index is -3.11. The van der Waals surface area contributed by atoms with Crippen LogP contribution in [0, 0.1) is 0 Å². The molecule has 7 heteroatoms. The van der Waals surface area contributed by atoms with Crippen molar-refractivity contribution in [2.75, 3.05) is 25.9 Å². The van der Waals surface area contributed by atoms with E-state index in [0.29, 0.717) is 25.6 Å². The van der Waals surface area contributed by atoms with Crippen LogP contribution < -0.4 is 15.8 Å². The van der Waals surface area contributed by atoms with Crippen LogP contribution in [-0.4, -0.2) is 40.3 Å². The Morgan fingerprint density at radius 3 is 2.57 bits per heavy atom. The average molecular weight is 222 g/mol. The summed E-state index contributed by atoms with van der Waals surface area (Å²) in [4.78, 5) is 3.98. The zero-order valence-corrected chi connectivity index (χ0v) is 9.39. The molecule has 0 heterocycles. The van der Waals surface area contributed by atoms with Gasteiger partial charge in [0.15, 0.2) is 5.96 Å². The average Bonchev–Trinajstić information content (AvgIpc) is 2.07. The van der Waals surface area contributed by atoms with Crippen molar-refractivity contribution in [2.24, 2.45) is 10.7 Å². The first kappa shape index (κ1) is 13.2. The second-order valence-corrected chi connectivity index (χ2v) is 4.69. The first-order valence-corrected chi connectivity index (χ1v) is 6.33. The fraction of sp³-hybridized carbons (Fsp3) is 0.857. The van der Waals surface area contributed by atoms with E-state index in [1.54, 1.807) is 0 Å². The molecule has 0 aromatic carbocycles. The Hall–Kier alpha value is -0.820. The molecule has 0 bridgehead atoms. The Morgan fingerprint density at radius 1 is 1.43 bits per heavy atom. The maximum absolute atomic E-state index is 10.6. The number of hydrogen-bond acceptors (Lipinski definition) is 3. The van der Waals surface area contributed by atoms with E-state index in [0.717, 1.165) is 12.7 Å². The highest BCUT2D eigenvalue weighted by atomic mass is 32.2. The predicted octanol–water partition coefficient (Wildman–Crippen LogP) is -1.15. The van der Waals surface area contributed by atoms with Gasteiger partial charge in [-0.05, 0) is 6.42 Å². The molecule has 0 aliphatic rings. The second kappa shape index (κ2) is 6.61. The lowest BCUT2D eigenvalue weighted by atomic mass is 10.5. The number of rotatable bonds is 6. The summed E-state index contributed by atoms with van der Waals surface area (Å²) in [5.74, 6) is 0.349. The Balaban J connectivity index is 3.55. The van der Waals surface area contributed by atoms with Crippen LogP contribution in [0.4, 0.5) is 0 Å². The Labute approximate surface area is 85.0 Å². The molecule has 14 heavy (non-hydrogen) atoms. The number of aliphatic imine (C=N–C) groups is 1. The van der Waals surface area contributed by atoms with Gasteiger partial charge in [-0.25, -0.2) is 13.1 Å². The van der Waals surface area contributed by atoms with Crippen LogP contribution in [0.2, 0.25) is 0 Å². The van der Waals surface area contributed by atoms with E-state index in [-0.39, 0.29) is 0 Å². The standard InChI is InChI=1S/C7H18N4O2S/c1-3-4-9-7(8)10-5-6-11-14(2,12)13/h11H,3-6H2,1-2H3,(H3,8,9,10). The third kappa shape index (κ3) is 9.27. The van der Waals surface area contributed by atoms with E-state index in [1.807, 2.05) is 6.92 Å². The zero-order chi connectivity index (χ0) is 11.0. The molecule has 0 aliphatic carbocycles. The summed E-state index contributed by atoms with van der Waals surface area (Å²) < 4.78 is 23.6. The fourth-order valence-corrected chi connectivity index (χ4v) is 1.19. The molecule has 4 N–H and O–H groups in total. The summed E-state index contributed by atoms with van der Waals surface area (Å²) in [7, 11) is -3.11. The SMILES string of the molecule is CCCN=C(N)NCCNS(C)(=O)=O. The molecule has 0 radical (unpaired) electrons. The highest BCUT2D eigenvalue weighted by molar-refractivity contribution is 7.88. The van der Waals surface area contributed by atoms with Gasteiger partial charge in [-0.2, -0.15) is 0 Å². The van der Waals surface area contributed by atoms with Gasteiger partial charge in [-0.1, -0.05) is 6.92 Å². The monoisotopic (exact) mass is 222 g/mol. The van der Waals surface area contributed by atoms with Crippen LogP contribution in [0.5, 0.6) is 0 Å². The molecule has 0 amide bonds. The number of nitrogens with two attached hydrogens (primary N) is 1. The zero-order valence-electron chi connectivity index (χ0n) is 8.58. The maximum atomic E-state index is 10.6. The number of nitrogens with zero attached hydrogens (tertiary/aromatic N) is 1. The Morgan fingerprint density at radius 2 is 2.07 bits per heavy atom. The summed E-state index contributed by atoms with van der Waals surface area (Å²) in [5, 5.41) is 2.79. The third-order valence-corrected chi connectivity index (χ3v) is 2.03. The van der Waals surface area contributed by atoms with Crippen molar-refractivity contribution in [3.8, 4) is 0 Å². The maximum Gasteiger partial charge on any atom is 0.208 e. The number of hydrogen-bond donors (Lipinski definition) is 3. The molecular formula is C7H18N4O2S. The molecule has 0 saturated carbocycles. The molecule has 0 aromatic heterocycles. The smallest absolute Gasteiger partial charge is 0.208 e. The predicted molar refractivity (Wildman–Crippen MR) is 57.6 cm³/mol. The van der Waals surface area contributed by atoms with E-state index in [4.69, 9.17) is 5.73 Å². The summed E-state index contributed by atoms with van der Waals surface area (Å²) in [6.45, 7) is 3.42. The highest BCUT2D eigenvalue weighted by Gasteiger charge is 1.98. The van der Waals surface area contributed by atoms with E-state index in [1.165, 1.54) is 0 Å². The van der Waals surface area contributed by atoms with Crippen molar-refractivity contribution in [3.63, 3.8) is 0 Å². The lowest BCUT2D eigenvalue weighted by Gasteiger charge is -2.05. The molecule has 0 spiro atoms. The summed E-state index contributed by atoms with van der Waals surface area (Å²) in [6.07, 6.45) is 2.05. The molecule has 0 atom stereocenters. The van der Waals surface area contributed by atoms with Crippen LogP contribution in [0.1, 0.15) is 13.3 Å². The van der Waals surface area contributed by atoms with Crippen molar-refractivity contribution in [1.29, 1.82) is 0 Å². The molecule has 0 saturated heterocycles. The quantitative estimate of drug-likeness (QED) is 0.300. The van der Waals surface area contributed by atoms with Crippen molar-refractivity contribution in [3.05, 3.63) is 0 Å². The summed E-state index contributed by atoms with van der Waals surface area (Å²) >= 11 is 0. The second-order valence-electron chi connectivity index (χ2n) is 2.86. The van der Waals surface area contributed by atoms with E-state index >= 15 is 0 Å². The fourth-order valence-electron chi connectivity index (χ4n) is 0.715. The van der Waals surface area contributed by atoms with E-state index < -0.39 is 10.0 Å². The summed E-state index contributed by atoms with van der Waals surface area (Å²) in [5.41, 5.74) is 5.47. The van der Waals surface area contributed by atoms with E-state index in [9.17, 15) is 8.42 Å². The van der Waals surface area contributed by atoms with Gasteiger partial charge in [-0.3, -0.25) is 4.99 Å². The van der Waals surface area contributed by atoms with Crippen molar-refractivity contribution in [2.45, 2.75) is 13.3 Å². The number of sulfonamides is 1. The van der Waals surface area contributed by atoms with Gasteiger partial charge in [-0.15, -0.1) is 0 Å². The molecular weight excluding hydrogens is 204 g/mol. The summed E-state index contributed by atoms with van der Waals surface area (Å²) in [6, 6.07) is 0. The number of nitrogens with one attached hydrogen (secondary N) is 2. The van der Waals surface area contributed by atoms with Gasteiger partial charge < -0.3 is 11.1 Å². The van der Waals surface area contributed by atoms with Crippen LogP contribution in [0.25, 0.3) is 0 Å². The van der Waals surface area contributed by atoms with Crippen LogP contribution in [0.15, 0.2) is 4.99 Å². The molecule has 0 aliphatic heterocycles. The number of guanidine groups is 1. The van der Waals surface area contributed by atoms with Crippen LogP contribution in [0.3, 0.4) is 0 Å². The van der Waals surface area contributed by atoms with Crippen LogP contribution in [-0.2, 0) is 10.0 Å². The van der Waals surface area contributed by atoms with Crippen molar-refractivity contribution >= 4 is 16.0 Å². The lowest BCUT2D eigenvalue weighted by Crippen LogP contribution is -2.38. The normalized spacial score (nSPS) is 12.9. The van der Waals surface area contributed by atoms with Crippen LogP contribution >= 0.6 is 0 Å². The molecule has 0 unspecified atom stereocenters. The third-order valence-electron chi connectivity index (χ3n) is 1.30. The molecule has 6 nitrogen and oxygen atoms in total. The largest absolute Gasteiger partial charge is 0.370 e. The van der Waals surface area contributed by atoms with Gasteiger partial charge >= 0.3 is 0 Å². The molecule has 84 valence electrons.